The topological polar surface area (TPSA) is 86.7 Å². The van der Waals surface area contributed by atoms with Crippen molar-refractivity contribution in [1.29, 1.82) is 0 Å². The van der Waals surface area contributed by atoms with Crippen molar-refractivity contribution in [2.75, 3.05) is 6.38 Å². The van der Waals surface area contributed by atoms with Crippen molar-refractivity contribution in [3.8, 4) is 0 Å². The first kappa shape index (κ1) is 17.6. The van der Waals surface area contributed by atoms with Crippen molar-refractivity contribution < 1.29 is 52.8 Å². The molecule has 0 amide bonds. The molecule has 9 heteroatoms. The Hall–Kier alpha value is 1.63. The fourth-order valence-corrected chi connectivity index (χ4v) is 0.642. The van der Waals surface area contributed by atoms with Gasteiger partial charge in [-0.15, -0.1) is 11.6 Å². The molecular weight excluding hydrogens is 212 g/mol. The Labute approximate surface area is 86.9 Å². The second-order valence-electron chi connectivity index (χ2n) is 0.618. The van der Waals surface area contributed by atoms with E-state index in [2.05, 4.69) is 15.9 Å². The molecule has 0 heterocycles. The maximum absolute atomic E-state index is 9.40. The number of hydrogen-bond acceptors (Lipinski definition) is 4. The Bertz CT molecular complexity index is 95.8. The Kier molecular flexibility index (Phi) is 23.4. The summed E-state index contributed by atoms with van der Waals surface area (Å²) in [5.74, 6) is 0. The van der Waals surface area contributed by atoms with Gasteiger partial charge in [0, 0.05) is 6.38 Å². The van der Waals surface area contributed by atoms with Crippen molar-refractivity contribution in [3.05, 3.63) is 0 Å². The van der Waals surface area contributed by atoms with Crippen LogP contribution in [0, 0.1) is 0 Å². The third-order valence-corrected chi connectivity index (χ3v) is 1.54. The normalized spacial score (nSPS) is 13.6. The molecule has 2 unspecified atom stereocenters. The smallest absolute Gasteiger partial charge is 0.781 e. The van der Waals surface area contributed by atoms with Gasteiger partial charge in [-0.3, -0.25) is 8.88 Å². The fraction of sp³-hybridized carbons (Fsp3) is 1.00. The van der Waals surface area contributed by atoms with Gasteiger partial charge in [0.1, 0.15) is 8.25 Å². The van der Waals surface area contributed by atoms with Gasteiger partial charge in [0.25, 0.3) is 0 Å². The molecule has 58 valence electrons. The molecule has 0 aliphatic rings. The van der Waals surface area contributed by atoms with Crippen LogP contribution in [-0.2, 0) is 13.4 Å². The summed E-state index contributed by atoms with van der Waals surface area (Å²) in [5, 5.41) is 0. The Morgan fingerprint density at radius 2 is 1.80 bits per heavy atom. The van der Waals surface area contributed by atoms with Crippen molar-refractivity contribution in [3.63, 3.8) is 0 Å². The predicted molar refractivity (Wildman–Crippen MR) is 33.1 cm³/mol. The predicted octanol–water partition coefficient (Wildman–Crippen LogP) is -3.01. The standard InChI is InChI=1S/CH3Cl.Na.H4O5P2/c1-2;;1-6(2)5-7(3)4/h1H3;;6-7H,(H,1,2)(H,3,4)/q;+1;/p-1. The van der Waals surface area contributed by atoms with Gasteiger partial charge < -0.3 is 14.4 Å². The molecule has 0 aromatic carbocycles. The fourth-order valence-electron chi connectivity index (χ4n) is 0.0713. The third kappa shape index (κ3) is 22.6. The SMILES string of the molecule is CCl.O=[PH]([O-])O[PH](=O)O.[Na+]. The van der Waals surface area contributed by atoms with E-state index in [0.717, 1.165) is 0 Å². The molecule has 10 heavy (non-hydrogen) atoms. The largest absolute Gasteiger partial charge is 1.00 e. The molecule has 5 nitrogen and oxygen atoms in total. The molecule has 0 aromatic rings. The van der Waals surface area contributed by atoms with Crippen molar-refractivity contribution in [2.45, 2.75) is 0 Å². The van der Waals surface area contributed by atoms with Crippen LogP contribution in [-0.4, -0.2) is 11.3 Å². The molecule has 0 fully saturated rings. The number of alkyl halides is 1. The van der Waals surface area contributed by atoms with Crippen LogP contribution in [0.25, 0.3) is 0 Å². The van der Waals surface area contributed by atoms with Crippen LogP contribution >= 0.6 is 28.1 Å². The summed E-state index contributed by atoms with van der Waals surface area (Å²) in [6, 6.07) is 0. The summed E-state index contributed by atoms with van der Waals surface area (Å²) in [7, 11) is -6.72. The zero-order valence-electron chi connectivity index (χ0n) is 5.46. The molecule has 0 aliphatic carbocycles. The molecule has 0 radical (unpaired) electrons. The summed E-state index contributed by atoms with van der Waals surface area (Å²) in [4.78, 5) is 17.0. The van der Waals surface area contributed by atoms with Crippen LogP contribution in [0.15, 0.2) is 0 Å². The summed E-state index contributed by atoms with van der Waals surface area (Å²) in [6.07, 6.45) is 1.47. The van der Waals surface area contributed by atoms with Crippen LogP contribution < -0.4 is 34.5 Å². The van der Waals surface area contributed by atoms with Gasteiger partial charge >= 0.3 is 37.8 Å². The zero-order valence-corrected chi connectivity index (χ0v) is 10.2. The van der Waals surface area contributed by atoms with E-state index in [0.29, 0.717) is 0 Å². The number of rotatable bonds is 2. The van der Waals surface area contributed by atoms with Gasteiger partial charge in [-0.05, 0) is 0 Å². The molecule has 0 rings (SSSR count). The Balaban J connectivity index is -0.000000149. The molecule has 0 bridgehead atoms. The molecular formula is CH6ClNaO5P2. The number of halogens is 1. The van der Waals surface area contributed by atoms with Crippen LogP contribution in [0.1, 0.15) is 0 Å². The molecule has 0 spiro atoms. The minimum atomic E-state index is -3.45. The van der Waals surface area contributed by atoms with Gasteiger partial charge in [-0.1, -0.05) is 0 Å². The molecule has 0 aliphatic heterocycles. The van der Waals surface area contributed by atoms with Gasteiger partial charge in [-0.25, -0.2) is 0 Å². The molecule has 0 saturated heterocycles. The van der Waals surface area contributed by atoms with E-state index in [1.165, 1.54) is 6.38 Å². The maximum Gasteiger partial charge on any atom is 1.00 e. The minimum Gasteiger partial charge on any atom is -0.781 e. The second-order valence-corrected chi connectivity index (χ2v) is 2.47. The van der Waals surface area contributed by atoms with E-state index in [-0.39, 0.29) is 29.6 Å². The zero-order chi connectivity index (χ0) is 7.86. The van der Waals surface area contributed by atoms with E-state index in [9.17, 15) is 14.0 Å². The summed E-state index contributed by atoms with van der Waals surface area (Å²) < 4.78 is 22.1. The van der Waals surface area contributed by atoms with Crippen molar-refractivity contribution >= 4 is 28.1 Å². The molecule has 0 aromatic heterocycles. The maximum atomic E-state index is 9.40. The summed E-state index contributed by atoms with van der Waals surface area (Å²) >= 11 is 4.64. The van der Waals surface area contributed by atoms with E-state index in [1.54, 1.807) is 0 Å². The van der Waals surface area contributed by atoms with Crippen LogP contribution in [0.3, 0.4) is 0 Å². The van der Waals surface area contributed by atoms with E-state index < -0.39 is 16.5 Å². The Morgan fingerprint density at radius 1 is 1.50 bits per heavy atom. The first-order valence-electron chi connectivity index (χ1n) is 1.62. The average molecular weight is 218 g/mol. The van der Waals surface area contributed by atoms with Crippen molar-refractivity contribution in [2.24, 2.45) is 0 Å². The van der Waals surface area contributed by atoms with Gasteiger partial charge in [0.2, 0.25) is 0 Å². The molecule has 2 atom stereocenters. The van der Waals surface area contributed by atoms with Gasteiger partial charge in [-0.2, -0.15) is 0 Å². The average Bonchev–Trinajstić information content (AvgIpc) is 1.68. The van der Waals surface area contributed by atoms with Crippen molar-refractivity contribution in [1.82, 2.24) is 0 Å². The third-order valence-electron chi connectivity index (χ3n) is 0.171. The van der Waals surface area contributed by atoms with Crippen LogP contribution in [0.5, 0.6) is 0 Å². The summed E-state index contributed by atoms with van der Waals surface area (Å²) in [5.41, 5.74) is 0. The van der Waals surface area contributed by atoms with Crippen LogP contribution in [0.4, 0.5) is 0 Å². The van der Waals surface area contributed by atoms with Gasteiger partial charge in [0.05, 0.1) is 0 Å². The minimum absolute atomic E-state index is 0. The van der Waals surface area contributed by atoms with Gasteiger partial charge in [0.15, 0.2) is 0 Å². The van der Waals surface area contributed by atoms with Crippen LogP contribution in [0.2, 0.25) is 0 Å². The first-order chi connectivity index (χ1) is 4.13. The van der Waals surface area contributed by atoms with E-state index in [4.69, 9.17) is 4.89 Å². The molecule has 0 saturated carbocycles. The Morgan fingerprint density at radius 3 is 1.80 bits per heavy atom. The number of hydrogen-bond donors (Lipinski definition) is 1. The summed E-state index contributed by atoms with van der Waals surface area (Å²) in [6.45, 7) is 0. The first-order valence-corrected chi connectivity index (χ1v) is 4.87. The van der Waals surface area contributed by atoms with E-state index in [1.807, 2.05) is 0 Å². The quantitative estimate of drug-likeness (QED) is 0.303. The second kappa shape index (κ2) is 13.2. The van der Waals surface area contributed by atoms with E-state index >= 15 is 0 Å². The monoisotopic (exact) mass is 218 g/mol. The molecule has 1 N–H and O–H groups in total.